The van der Waals surface area contributed by atoms with Crippen LogP contribution in [0.1, 0.15) is 39.5 Å². The molecular weight excluding hydrogens is 214 g/mol. The highest BCUT2D eigenvalue weighted by atomic mass is 16.2. The summed E-state index contributed by atoms with van der Waals surface area (Å²) in [7, 11) is 4.27. The van der Waals surface area contributed by atoms with Crippen molar-refractivity contribution in [1.82, 2.24) is 15.1 Å². The summed E-state index contributed by atoms with van der Waals surface area (Å²) in [5.74, 6) is 0.285. The molecule has 4 nitrogen and oxygen atoms in total. The second-order valence-electron chi connectivity index (χ2n) is 5.74. The van der Waals surface area contributed by atoms with E-state index in [1.807, 2.05) is 4.90 Å². The largest absolute Gasteiger partial charge is 0.324 e. The highest BCUT2D eigenvalue weighted by Crippen LogP contribution is 2.37. The molecule has 0 aromatic rings. The lowest BCUT2D eigenvalue weighted by Crippen LogP contribution is -2.58. The van der Waals surface area contributed by atoms with Crippen molar-refractivity contribution < 1.29 is 4.79 Å². The van der Waals surface area contributed by atoms with E-state index in [1.165, 1.54) is 19.3 Å². The third-order valence-corrected chi connectivity index (χ3v) is 4.60. The van der Waals surface area contributed by atoms with E-state index in [9.17, 15) is 4.79 Å². The Kier molecular flexibility index (Phi) is 3.46. The van der Waals surface area contributed by atoms with Crippen LogP contribution in [0.3, 0.4) is 0 Å². The minimum absolute atomic E-state index is 0.0317. The zero-order chi connectivity index (χ0) is 12.6. The van der Waals surface area contributed by atoms with Crippen LogP contribution in [0.15, 0.2) is 0 Å². The maximum atomic E-state index is 12.2. The molecule has 1 aliphatic carbocycles. The van der Waals surface area contributed by atoms with Gasteiger partial charge in [-0.05, 0) is 46.7 Å². The van der Waals surface area contributed by atoms with E-state index >= 15 is 0 Å². The topological polar surface area (TPSA) is 35.6 Å². The maximum Gasteiger partial charge on any atom is 0.241 e. The number of likely N-dealkylation sites (N-methyl/N-ethyl adjacent to an activating group) is 1. The molecule has 0 aromatic heterocycles. The third-order valence-electron chi connectivity index (χ3n) is 4.60. The van der Waals surface area contributed by atoms with Gasteiger partial charge in [0.2, 0.25) is 5.91 Å². The van der Waals surface area contributed by atoms with E-state index in [1.54, 1.807) is 0 Å². The van der Waals surface area contributed by atoms with Crippen LogP contribution in [0, 0.1) is 0 Å². The molecule has 2 aliphatic rings. The molecule has 2 unspecified atom stereocenters. The molecule has 1 saturated heterocycles. The van der Waals surface area contributed by atoms with Gasteiger partial charge in [-0.2, -0.15) is 0 Å². The quantitative estimate of drug-likeness (QED) is 0.796. The smallest absolute Gasteiger partial charge is 0.241 e. The van der Waals surface area contributed by atoms with Crippen LogP contribution in [0.5, 0.6) is 0 Å². The highest BCUT2D eigenvalue weighted by molar-refractivity contribution is 5.84. The van der Waals surface area contributed by atoms with E-state index in [2.05, 4.69) is 38.2 Å². The molecule has 1 amide bonds. The minimum Gasteiger partial charge on any atom is -0.324 e. The maximum absolute atomic E-state index is 12.2. The molecule has 98 valence electrons. The molecule has 1 N–H and O–H groups in total. The van der Waals surface area contributed by atoms with Gasteiger partial charge in [0.1, 0.15) is 0 Å². The van der Waals surface area contributed by atoms with E-state index in [0.717, 1.165) is 13.0 Å². The SMILES string of the molecule is CCC1NC(C)N(CC2(N(C)C)CCC2)C1=O. The fraction of sp³-hybridized carbons (Fsp3) is 0.923. The molecular formula is C13H25N3O. The van der Waals surface area contributed by atoms with Gasteiger partial charge in [-0.1, -0.05) is 6.92 Å². The van der Waals surface area contributed by atoms with Crippen LogP contribution in [0.2, 0.25) is 0 Å². The molecule has 1 saturated carbocycles. The number of nitrogens with zero attached hydrogens (tertiary/aromatic N) is 2. The Morgan fingerprint density at radius 3 is 2.47 bits per heavy atom. The number of rotatable bonds is 4. The number of hydrogen-bond donors (Lipinski definition) is 1. The van der Waals surface area contributed by atoms with Crippen molar-refractivity contribution in [2.45, 2.75) is 57.3 Å². The van der Waals surface area contributed by atoms with Crippen molar-refractivity contribution in [3.63, 3.8) is 0 Å². The fourth-order valence-corrected chi connectivity index (χ4v) is 3.00. The first kappa shape index (κ1) is 12.8. The summed E-state index contributed by atoms with van der Waals surface area (Å²) >= 11 is 0. The molecule has 2 rings (SSSR count). The summed E-state index contributed by atoms with van der Waals surface area (Å²) < 4.78 is 0. The van der Waals surface area contributed by atoms with Crippen LogP contribution in [-0.4, -0.2) is 54.1 Å². The van der Waals surface area contributed by atoms with Gasteiger partial charge in [-0.3, -0.25) is 10.1 Å². The highest BCUT2D eigenvalue weighted by Gasteiger charge is 2.45. The van der Waals surface area contributed by atoms with Crippen molar-refractivity contribution in [1.29, 1.82) is 0 Å². The number of carbonyl (C=O) groups excluding carboxylic acids is 1. The molecule has 0 radical (unpaired) electrons. The Morgan fingerprint density at radius 1 is 1.47 bits per heavy atom. The van der Waals surface area contributed by atoms with Gasteiger partial charge < -0.3 is 9.80 Å². The summed E-state index contributed by atoms with van der Waals surface area (Å²) in [4.78, 5) is 16.6. The number of nitrogens with one attached hydrogen (secondary N) is 1. The second-order valence-corrected chi connectivity index (χ2v) is 5.74. The molecule has 2 atom stereocenters. The average molecular weight is 239 g/mol. The van der Waals surface area contributed by atoms with E-state index < -0.39 is 0 Å². The summed E-state index contributed by atoms with van der Waals surface area (Å²) in [6.07, 6.45) is 4.79. The number of amides is 1. The fourth-order valence-electron chi connectivity index (χ4n) is 3.00. The first-order valence-corrected chi connectivity index (χ1v) is 6.74. The summed E-state index contributed by atoms with van der Waals surface area (Å²) in [6.45, 7) is 5.04. The number of hydrogen-bond acceptors (Lipinski definition) is 3. The van der Waals surface area contributed by atoms with Gasteiger partial charge in [0.25, 0.3) is 0 Å². The van der Waals surface area contributed by atoms with Crippen LogP contribution in [-0.2, 0) is 4.79 Å². The Hall–Kier alpha value is -0.610. The van der Waals surface area contributed by atoms with Crippen LogP contribution in [0.4, 0.5) is 0 Å². The van der Waals surface area contributed by atoms with Crippen molar-refractivity contribution >= 4 is 5.91 Å². The van der Waals surface area contributed by atoms with Gasteiger partial charge in [0.05, 0.1) is 12.2 Å². The van der Waals surface area contributed by atoms with Crippen molar-refractivity contribution in [2.75, 3.05) is 20.6 Å². The van der Waals surface area contributed by atoms with Crippen LogP contribution >= 0.6 is 0 Å². The minimum atomic E-state index is 0.0317. The first-order valence-electron chi connectivity index (χ1n) is 6.74. The average Bonchev–Trinajstić information content (AvgIpc) is 2.48. The Labute approximate surface area is 104 Å². The molecule has 0 bridgehead atoms. The van der Waals surface area contributed by atoms with E-state index in [0.29, 0.717) is 0 Å². The Balaban J connectivity index is 2.05. The molecule has 0 spiro atoms. The van der Waals surface area contributed by atoms with Crippen molar-refractivity contribution in [3.8, 4) is 0 Å². The first-order chi connectivity index (χ1) is 8.00. The lowest BCUT2D eigenvalue weighted by Gasteiger charge is -2.49. The zero-order valence-corrected chi connectivity index (χ0v) is 11.5. The Bertz CT molecular complexity index is 299. The molecule has 1 aliphatic heterocycles. The van der Waals surface area contributed by atoms with Crippen molar-refractivity contribution in [3.05, 3.63) is 0 Å². The summed E-state index contributed by atoms with van der Waals surface area (Å²) in [5.41, 5.74) is 0.230. The summed E-state index contributed by atoms with van der Waals surface area (Å²) in [6, 6.07) is 0.0317. The van der Waals surface area contributed by atoms with Gasteiger partial charge >= 0.3 is 0 Å². The van der Waals surface area contributed by atoms with Gasteiger partial charge in [0, 0.05) is 12.1 Å². The van der Waals surface area contributed by atoms with Crippen LogP contribution < -0.4 is 5.32 Å². The molecule has 2 fully saturated rings. The zero-order valence-electron chi connectivity index (χ0n) is 11.5. The molecule has 0 aromatic carbocycles. The predicted octanol–water partition coefficient (Wildman–Crippen LogP) is 1.03. The molecule has 1 heterocycles. The third kappa shape index (κ3) is 2.08. The monoisotopic (exact) mass is 239 g/mol. The molecule has 17 heavy (non-hydrogen) atoms. The summed E-state index contributed by atoms with van der Waals surface area (Å²) in [5, 5.41) is 3.37. The van der Waals surface area contributed by atoms with Crippen LogP contribution in [0.25, 0.3) is 0 Å². The van der Waals surface area contributed by atoms with E-state index in [-0.39, 0.29) is 23.7 Å². The second kappa shape index (κ2) is 4.58. The lowest BCUT2D eigenvalue weighted by atomic mass is 9.75. The van der Waals surface area contributed by atoms with Gasteiger partial charge in [0.15, 0.2) is 0 Å². The molecule has 4 heteroatoms. The number of carbonyl (C=O) groups is 1. The van der Waals surface area contributed by atoms with Gasteiger partial charge in [-0.15, -0.1) is 0 Å². The predicted molar refractivity (Wildman–Crippen MR) is 68.7 cm³/mol. The van der Waals surface area contributed by atoms with E-state index in [4.69, 9.17) is 0 Å². The Morgan fingerprint density at radius 2 is 2.12 bits per heavy atom. The normalized spacial score (nSPS) is 32.1. The lowest BCUT2D eigenvalue weighted by molar-refractivity contribution is -0.132. The van der Waals surface area contributed by atoms with Crippen molar-refractivity contribution in [2.24, 2.45) is 0 Å². The standard InChI is InChI=1S/C13H25N3O/c1-5-11-12(17)16(10(2)14-11)9-13(15(3)4)7-6-8-13/h10-11,14H,5-9H2,1-4H3. The van der Waals surface area contributed by atoms with Gasteiger partial charge in [-0.25, -0.2) is 0 Å².